The van der Waals surface area contributed by atoms with Crippen molar-refractivity contribution in [2.75, 3.05) is 6.61 Å². The number of carbonyl (C=O) groups excluding carboxylic acids is 1. The molecule has 4 nitrogen and oxygen atoms in total. The summed E-state index contributed by atoms with van der Waals surface area (Å²) in [6, 6.07) is 9.47. The molecule has 0 unspecified atom stereocenters. The van der Waals surface area contributed by atoms with Crippen molar-refractivity contribution in [1.82, 2.24) is 0 Å². The molecule has 3 rings (SSSR count). The summed E-state index contributed by atoms with van der Waals surface area (Å²) in [7, 11) is 0. The van der Waals surface area contributed by atoms with Crippen LogP contribution in [0, 0.1) is 3.57 Å². The molecule has 0 N–H and O–H groups in total. The third kappa shape index (κ3) is 5.25. The third-order valence-corrected chi connectivity index (χ3v) is 7.37. The standard InChI is InChI=1S/C20H15Br3INO3/c1-2-3-6-27-18-14(22)7-11(8-15(18)23)9-17-20(26)28-19(25-17)12-4-5-16(24)13(21)10-12/h4-5,7-10H,2-3,6H2,1H3/b17-9-. The van der Waals surface area contributed by atoms with Gasteiger partial charge in [-0.05, 0) is 119 Å². The average Bonchev–Trinajstić information content (AvgIpc) is 3.00. The first-order chi connectivity index (χ1) is 13.4. The Balaban J connectivity index is 1.87. The number of hydrogen-bond donors (Lipinski definition) is 0. The lowest BCUT2D eigenvalue weighted by Gasteiger charge is -2.11. The number of carbonyl (C=O) groups is 1. The highest BCUT2D eigenvalue weighted by Crippen LogP contribution is 2.36. The number of benzene rings is 2. The first kappa shape index (κ1) is 22.0. The fourth-order valence-corrected chi connectivity index (χ4v) is 4.60. The smallest absolute Gasteiger partial charge is 0.363 e. The van der Waals surface area contributed by atoms with Gasteiger partial charge in [0.05, 0.1) is 15.6 Å². The van der Waals surface area contributed by atoms with Gasteiger partial charge < -0.3 is 9.47 Å². The van der Waals surface area contributed by atoms with Crippen LogP contribution in [-0.2, 0) is 9.53 Å². The molecule has 2 aromatic carbocycles. The minimum atomic E-state index is -0.472. The zero-order chi connectivity index (χ0) is 20.3. The van der Waals surface area contributed by atoms with Crippen molar-refractivity contribution in [2.45, 2.75) is 19.8 Å². The van der Waals surface area contributed by atoms with E-state index in [4.69, 9.17) is 9.47 Å². The molecule has 146 valence electrons. The fraction of sp³-hybridized carbons (Fsp3) is 0.200. The van der Waals surface area contributed by atoms with E-state index in [1.54, 1.807) is 6.08 Å². The highest BCUT2D eigenvalue weighted by atomic mass is 127. The van der Waals surface area contributed by atoms with Crippen LogP contribution in [0.1, 0.15) is 30.9 Å². The first-order valence-electron chi connectivity index (χ1n) is 8.49. The largest absolute Gasteiger partial charge is 0.491 e. The second kappa shape index (κ2) is 9.86. The molecule has 0 radical (unpaired) electrons. The summed E-state index contributed by atoms with van der Waals surface area (Å²) in [5.74, 6) is 0.573. The molecular formula is C20H15Br3INO3. The van der Waals surface area contributed by atoms with Crippen LogP contribution in [0.25, 0.3) is 6.08 Å². The highest BCUT2D eigenvalue weighted by Gasteiger charge is 2.24. The summed E-state index contributed by atoms with van der Waals surface area (Å²) < 4.78 is 14.8. The molecule has 0 aliphatic carbocycles. The topological polar surface area (TPSA) is 47.9 Å². The van der Waals surface area contributed by atoms with Crippen LogP contribution in [0.5, 0.6) is 5.75 Å². The van der Waals surface area contributed by atoms with E-state index in [9.17, 15) is 4.79 Å². The van der Waals surface area contributed by atoms with Crippen molar-refractivity contribution < 1.29 is 14.3 Å². The average molecular weight is 684 g/mol. The van der Waals surface area contributed by atoms with Crippen LogP contribution in [0.3, 0.4) is 0 Å². The van der Waals surface area contributed by atoms with Gasteiger partial charge in [0.25, 0.3) is 0 Å². The Kier molecular flexibility index (Phi) is 7.74. The second-order valence-corrected chi connectivity index (χ2v) is 9.71. The third-order valence-electron chi connectivity index (χ3n) is 3.86. The summed E-state index contributed by atoms with van der Waals surface area (Å²) >= 11 is 12.8. The number of unbranched alkanes of at least 4 members (excludes halogenated alkanes) is 1. The molecule has 1 heterocycles. The van der Waals surface area contributed by atoms with E-state index < -0.39 is 5.97 Å². The molecule has 0 saturated carbocycles. The Hall–Kier alpha value is -0.710. The zero-order valence-electron chi connectivity index (χ0n) is 14.8. The monoisotopic (exact) mass is 681 g/mol. The summed E-state index contributed by atoms with van der Waals surface area (Å²) in [5.41, 5.74) is 1.80. The maximum Gasteiger partial charge on any atom is 0.363 e. The van der Waals surface area contributed by atoms with Crippen LogP contribution in [0.4, 0.5) is 0 Å². The van der Waals surface area contributed by atoms with Crippen molar-refractivity contribution in [1.29, 1.82) is 0 Å². The van der Waals surface area contributed by atoms with Crippen molar-refractivity contribution in [3.8, 4) is 5.75 Å². The molecule has 8 heteroatoms. The summed E-state index contributed by atoms with van der Waals surface area (Å²) in [4.78, 5) is 16.6. The van der Waals surface area contributed by atoms with Gasteiger partial charge in [0.2, 0.25) is 5.90 Å². The van der Waals surface area contributed by atoms with Crippen LogP contribution in [0.2, 0.25) is 0 Å². The van der Waals surface area contributed by atoms with Crippen LogP contribution in [0.15, 0.2) is 54.4 Å². The normalized spacial score (nSPS) is 15.0. The van der Waals surface area contributed by atoms with E-state index in [0.717, 1.165) is 46.7 Å². The molecule has 2 aromatic rings. The van der Waals surface area contributed by atoms with E-state index in [-0.39, 0.29) is 5.70 Å². The molecule has 1 aliphatic rings. The van der Waals surface area contributed by atoms with Gasteiger partial charge in [-0.15, -0.1) is 0 Å². The van der Waals surface area contributed by atoms with Gasteiger partial charge in [0.1, 0.15) is 5.75 Å². The van der Waals surface area contributed by atoms with E-state index in [0.29, 0.717) is 12.5 Å². The van der Waals surface area contributed by atoms with E-state index in [1.165, 1.54) is 0 Å². The number of ether oxygens (including phenoxy) is 2. The molecule has 0 bridgehead atoms. The number of hydrogen-bond acceptors (Lipinski definition) is 4. The summed E-state index contributed by atoms with van der Waals surface area (Å²) in [6.45, 7) is 2.77. The van der Waals surface area contributed by atoms with Gasteiger partial charge in [-0.1, -0.05) is 13.3 Å². The predicted octanol–water partition coefficient (Wildman–Crippen LogP) is 7.10. The van der Waals surface area contributed by atoms with Gasteiger partial charge >= 0.3 is 5.97 Å². The minimum absolute atomic E-state index is 0.253. The molecule has 0 amide bonds. The Bertz CT molecular complexity index is 966. The van der Waals surface area contributed by atoms with Crippen LogP contribution in [-0.4, -0.2) is 18.5 Å². The van der Waals surface area contributed by atoms with Crippen molar-refractivity contribution in [2.24, 2.45) is 4.99 Å². The minimum Gasteiger partial charge on any atom is -0.491 e. The molecule has 28 heavy (non-hydrogen) atoms. The maximum atomic E-state index is 12.3. The van der Waals surface area contributed by atoms with Crippen LogP contribution >= 0.6 is 70.4 Å². The molecule has 0 saturated heterocycles. The van der Waals surface area contributed by atoms with E-state index >= 15 is 0 Å². The molecule has 0 fully saturated rings. The zero-order valence-corrected chi connectivity index (χ0v) is 21.7. The fourth-order valence-electron chi connectivity index (χ4n) is 2.44. The molecule has 0 aromatic heterocycles. The SMILES string of the molecule is CCCCOc1c(Br)cc(/C=C2\N=C(c3ccc(I)c(Br)c3)OC2=O)cc1Br. The van der Waals surface area contributed by atoms with Crippen molar-refractivity contribution in [3.63, 3.8) is 0 Å². The summed E-state index contributed by atoms with van der Waals surface area (Å²) in [6.07, 6.45) is 3.75. The van der Waals surface area contributed by atoms with Gasteiger partial charge in [0, 0.05) is 13.6 Å². The van der Waals surface area contributed by atoms with Gasteiger partial charge in [0.15, 0.2) is 5.70 Å². The Labute approximate surface area is 202 Å². The Morgan fingerprint density at radius 3 is 2.50 bits per heavy atom. The molecule has 1 aliphatic heterocycles. The molecular weight excluding hydrogens is 669 g/mol. The quantitative estimate of drug-likeness (QED) is 0.141. The number of nitrogens with zero attached hydrogens (tertiary/aromatic N) is 1. The van der Waals surface area contributed by atoms with Gasteiger partial charge in [-0.3, -0.25) is 0 Å². The Morgan fingerprint density at radius 2 is 1.86 bits per heavy atom. The van der Waals surface area contributed by atoms with Gasteiger partial charge in [-0.2, -0.15) is 0 Å². The number of cyclic esters (lactones) is 1. The van der Waals surface area contributed by atoms with Gasteiger partial charge in [-0.25, -0.2) is 9.79 Å². The number of esters is 1. The van der Waals surface area contributed by atoms with Crippen molar-refractivity contribution >= 4 is 88.3 Å². The highest BCUT2D eigenvalue weighted by molar-refractivity contribution is 14.1. The van der Waals surface area contributed by atoms with E-state index in [2.05, 4.69) is 82.3 Å². The van der Waals surface area contributed by atoms with Crippen LogP contribution < -0.4 is 4.74 Å². The lowest BCUT2D eigenvalue weighted by molar-refractivity contribution is -0.129. The number of halogens is 4. The summed E-state index contributed by atoms with van der Waals surface area (Å²) in [5, 5.41) is 0. The first-order valence-corrected chi connectivity index (χ1v) is 11.9. The van der Waals surface area contributed by atoms with E-state index in [1.807, 2.05) is 30.3 Å². The second-order valence-electron chi connectivity index (χ2n) is 5.98. The number of rotatable bonds is 6. The lowest BCUT2D eigenvalue weighted by Crippen LogP contribution is -2.05. The Morgan fingerprint density at radius 1 is 1.14 bits per heavy atom. The lowest BCUT2D eigenvalue weighted by atomic mass is 10.2. The molecule has 0 atom stereocenters. The van der Waals surface area contributed by atoms with Crippen molar-refractivity contribution in [3.05, 3.63) is 64.1 Å². The molecule has 0 spiro atoms. The predicted molar refractivity (Wildman–Crippen MR) is 130 cm³/mol. The maximum absolute atomic E-state index is 12.3. The number of aliphatic imine (C=N–C) groups is 1.